The van der Waals surface area contributed by atoms with E-state index in [9.17, 15) is 4.79 Å². The van der Waals surface area contributed by atoms with Crippen molar-refractivity contribution in [3.05, 3.63) is 28.2 Å². The molecule has 3 rings (SSSR count). The quantitative estimate of drug-likeness (QED) is 0.882. The summed E-state index contributed by atoms with van der Waals surface area (Å²) in [6.45, 7) is 1.45. The van der Waals surface area contributed by atoms with Crippen molar-refractivity contribution in [2.24, 2.45) is 17.6 Å². The van der Waals surface area contributed by atoms with Crippen LogP contribution in [-0.4, -0.2) is 19.0 Å². The van der Waals surface area contributed by atoms with Gasteiger partial charge in [-0.05, 0) is 55.5 Å². The number of carbonyl (C=O) groups excluding carboxylic acids is 1. The first-order chi connectivity index (χ1) is 9.20. The molecular formula is C15H20BrClN2O. The van der Waals surface area contributed by atoms with Crippen molar-refractivity contribution < 1.29 is 4.79 Å². The van der Waals surface area contributed by atoms with Crippen molar-refractivity contribution >= 4 is 39.9 Å². The predicted octanol–water partition coefficient (Wildman–Crippen LogP) is 3.14. The van der Waals surface area contributed by atoms with Crippen LogP contribution in [-0.2, 0) is 11.2 Å². The topological polar surface area (TPSA) is 46.3 Å². The van der Waals surface area contributed by atoms with Gasteiger partial charge >= 0.3 is 0 Å². The van der Waals surface area contributed by atoms with Crippen molar-refractivity contribution in [3.8, 4) is 0 Å². The Bertz CT molecular complexity index is 509. The number of hydrogen-bond acceptors (Lipinski definition) is 2. The van der Waals surface area contributed by atoms with Crippen LogP contribution in [0, 0.1) is 11.8 Å². The maximum atomic E-state index is 12.7. The monoisotopic (exact) mass is 358 g/mol. The number of rotatable bonds is 2. The lowest BCUT2D eigenvalue weighted by atomic mass is 9.94. The number of nitrogens with zero attached hydrogens (tertiary/aromatic N) is 1. The van der Waals surface area contributed by atoms with Crippen LogP contribution in [0.1, 0.15) is 24.8 Å². The molecule has 0 radical (unpaired) electrons. The Balaban J connectivity index is 0.00000147. The Morgan fingerprint density at radius 2 is 2.20 bits per heavy atom. The minimum Gasteiger partial charge on any atom is -0.330 e. The summed E-state index contributed by atoms with van der Waals surface area (Å²) in [5.74, 6) is 0.806. The molecule has 2 aliphatic rings. The fraction of sp³-hybridized carbons (Fsp3) is 0.533. The molecule has 110 valence electrons. The van der Waals surface area contributed by atoms with Gasteiger partial charge in [-0.2, -0.15) is 0 Å². The van der Waals surface area contributed by atoms with Crippen molar-refractivity contribution in [1.82, 2.24) is 0 Å². The first-order valence-electron chi connectivity index (χ1n) is 7.00. The predicted molar refractivity (Wildman–Crippen MR) is 87.3 cm³/mol. The molecule has 1 amide bonds. The van der Waals surface area contributed by atoms with Crippen molar-refractivity contribution in [2.75, 3.05) is 18.0 Å². The fourth-order valence-corrected chi connectivity index (χ4v) is 3.85. The van der Waals surface area contributed by atoms with Gasteiger partial charge in [0.2, 0.25) is 5.91 Å². The van der Waals surface area contributed by atoms with Crippen LogP contribution in [0.25, 0.3) is 0 Å². The first-order valence-corrected chi connectivity index (χ1v) is 7.80. The number of amides is 1. The zero-order valence-electron chi connectivity index (χ0n) is 11.3. The zero-order valence-corrected chi connectivity index (χ0v) is 13.8. The molecule has 2 N–H and O–H groups in total. The van der Waals surface area contributed by atoms with E-state index in [1.54, 1.807) is 0 Å². The highest BCUT2D eigenvalue weighted by molar-refractivity contribution is 9.10. The van der Waals surface area contributed by atoms with E-state index in [1.165, 1.54) is 5.56 Å². The third-order valence-corrected chi connectivity index (χ3v) is 4.98. The normalized spacial score (nSPS) is 24.4. The molecule has 0 bridgehead atoms. The van der Waals surface area contributed by atoms with Crippen LogP contribution in [0.2, 0.25) is 0 Å². The minimum atomic E-state index is 0. The summed E-state index contributed by atoms with van der Waals surface area (Å²) in [5, 5.41) is 0. The summed E-state index contributed by atoms with van der Waals surface area (Å²) in [7, 11) is 0. The van der Waals surface area contributed by atoms with Crippen LogP contribution in [0.5, 0.6) is 0 Å². The number of carbonyl (C=O) groups is 1. The zero-order chi connectivity index (χ0) is 13.4. The molecule has 1 heterocycles. The van der Waals surface area contributed by atoms with E-state index < -0.39 is 0 Å². The van der Waals surface area contributed by atoms with E-state index in [-0.39, 0.29) is 24.2 Å². The molecule has 0 saturated heterocycles. The van der Waals surface area contributed by atoms with Gasteiger partial charge in [0.1, 0.15) is 0 Å². The Morgan fingerprint density at radius 1 is 1.40 bits per heavy atom. The van der Waals surface area contributed by atoms with Gasteiger partial charge in [-0.15, -0.1) is 12.4 Å². The highest BCUT2D eigenvalue weighted by Crippen LogP contribution is 2.37. The van der Waals surface area contributed by atoms with E-state index in [1.807, 2.05) is 11.0 Å². The first kappa shape index (κ1) is 15.8. The molecule has 0 spiro atoms. The van der Waals surface area contributed by atoms with E-state index in [2.05, 4.69) is 28.1 Å². The summed E-state index contributed by atoms with van der Waals surface area (Å²) >= 11 is 3.49. The van der Waals surface area contributed by atoms with Gasteiger partial charge in [0, 0.05) is 22.6 Å². The Labute approximate surface area is 134 Å². The molecule has 1 fully saturated rings. The highest BCUT2D eigenvalue weighted by atomic mass is 79.9. The second-order valence-electron chi connectivity index (χ2n) is 5.55. The Kier molecular flexibility index (Phi) is 5.10. The number of nitrogens with two attached hydrogens (primary N) is 1. The average Bonchev–Trinajstić information content (AvgIpc) is 3.03. The Hall–Kier alpha value is -0.580. The summed E-state index contributed by atoms with van der Waals surface area (Å²) in [6, 6.07) is 6.19. The molecule has 1 aliphatic heterocycles. The van der Waals surface area contributed by atoms with Gasteiger partial charge < -0.3 is 10.6 Å². The number of benzene rings is 1. The Morgan fingerprint density at radius 3 is 2.95 bits per heavy atom. The van der Waals surface area contributed by atoms with Crippen LogP contribution in [0.4, 0.5) is 5.69 Å². The van der Waals surface area contributed by atoms with Gasteiger partial charge in [0.15, 0.2) is 0 Å². The molecule has 1 aromatic carbocycles. The SMILES string of the molecule is Cl.NC[C@H]1CCC[C@H]1C(=O)N1CCc2cc(Br)ccc21. The van der Waals surface area contributed by atoms with Gasteiger partial charge in [-0.25, -0.2) is 0 Å². The summed E-state index contributed by atoms with van der Waals surface area (Å²) in [4.78, 5) is 14.7. The van der Waals surface area contributed by atoms with E-state index in [4.69, 9.17) is 5.73 Å². The molecule has 1 aromatic rings. The van der Waals surface area contributed by atoms with E-state index in [0.29, 0.717) is 12.5 Å². The largest absolute Gasteiger partial charge is 0.330 e. The molecule has 1 saturated carbocycles. The van der Waals surface area contributed by atoms with Crippen molar-refractivity contribution in [3.63, 3.8) is 0 Å². The number of fused-ring (bicyclic) bond motifs is 1. The van der Waals surface area contributed by atoms with Gasteiger partial charge in [-0.3, -0.25) is 4.79 Å². The van der Waals surface area contributed by atoms with Crippen LogP contribution in [0.15, 0.2) is 22.7 Å². The molecule has 20 heavy (non-hydrogen) atoms. The fourth-order valence-electron chi connectivity index (χ4n) is 3.44. The molecule has 2 atom stereocenters. The maximum absolute atomic E-state index is 12.7. The molecule has 3 nitrogen and oxygen atoms in total. The van der Waals surface area contributed by atoms with Gasteiger partial charge in [0.25, 0.3) is 0 Å². The lowest BCUT2D eigenvalue weighted by molar-refractivity contribution is -0.123. The third kappa shape index (κ3) is 2.74. The van der Waals surface area contributed by atoms with E-state index in [0.717, 1.165) is 42.4 Å². The standard InChI is InChI=1S/C15H19BrN2O.ClH/c16-12-4-5-14-10(8-12)6-7-18(14)15(19)13-3-1-2-11(13)9-17;/h4-5,8,11,13H,1-3,6-7,9,17H2;1H/t11-,13-;/m1./s1. The average molecular weight is 360 g/mol. The summed E-state index contributed by atoms with van der Waals surface area (Å²) in [6.07, 6.45) is 4.21. The van der Waals surface area contributed by atoms with Crippen LogP contribution < -0.4 is 10.6 Å². The molecule has 1 aliphatic carbocycles. The molecule has 0 unspecified atom stereocenters. The second-order valence-corrected chi connectivity index (χ2v) is 6.46. The molecule has 0 aromatic heterocycles. The molecule has 5 heteroatoms. The molecular weight excluding hydrogens is 340 g/mol. The van der Waals surface area contributed by atoms with Gasteiger partial charge in [0.05, 0.1) is 0 Å². The maximum Gasteiger partial charge on any atom is 0.230 e. The van der Waals surface area contributed by atoms with Crippen molar-refractivity contribution in [1.29, 1.82) is 0 Å². The van der Waals surface area contributed by atoms with Gasteiger partial charge in [-0.1, -0.05) is 22.4 Å². The summed E-state index contributed by atoms with van der Waals surface area (Å²) < 4.78 is 1.08. The minimum absolute atomic E-state index is 0. The smallest absolute Gasteiger partial charge is 0.230 e. The number of halogens is 2. The van der Waals surface area contributed by atoms with Crippen LogP contribution in [0.3, 0.4) is 0 Å². The van der Waals surface area contributed by atoms with E-state index >= 15 is 0 Å². The lowest BCUT2D eigenvalue weighted by Crippen LogP contribution is -2.38. The second kappa shape index (κ2) is 6.46. The third-order valence-electron chi connectivity index (χ3n) is 4.48. The van der Waals surface area contributed by atoms with Crippen molar-refractivity contribution in [2.45, 2.75) is 25.7 Å². The number of hydrogen-bond donors (Lipinski definition) is 1. The lowest BCUT2D eigenvalue weighted by Gasteiger charge is -2.24. The highest BCUT2D eigenvalue weighted by Gasteiger charge is 2.37. The number of anilines is 1. The summed E-state index contributed by atoms with van der Waals surface area (Å²) in [5.41, 5.74) is 8.16. The van der Waals surface area contributed by atoms with Crippen LogP contribution >= 0.6 is 28.3 Å².